The molecule has 4 rings (SSSR count). The summed E-state index contributed by atoms with van der Waals surface area (Å²) in [7, 11) is 0. The van der Waals surface area contributed by atoms with Crippen LogP contribution in [-0.4, -0.2) is 29.5 Å². The number of aromatic nitrogens is 2. The van der Waals surface area contributed by atoms with Crippen LogP contribution in [0.5, 0.6) is 0 Å². The van der Waals surface area contributed by atoms with Gasteiger partial charge in [0.25, 0.3) is 0 Å². The molecule has 0 bridgehead atoms. The lowest BCUT2D eigenvalue weighted by molar-refractivity contribution is -0.179. The van der Waals surface area contributed by atoms with Crippen LogP contribution in [-0.2, 0) is 0 Å². The zero-order valence-electron chi connectivity index (χ0n) is 14.1. The van der Waals surface area contributed by atoms with E-state index in [-0.39, 0.29) is 12.8 Å². The van der Waals surface area contributed by atoms with Crippen molar-refractivity contribution < 1.29 is 13.2 Å². The van der Waals surface area contributed by atoms with Crippen LogP contribution in [0.15, 0.2) is 48.7 Å². The van der Waals surface area contributed by atoms with Gasteiger partial charge in [0, 0.05) is 35.5 Å². The Morgan fingerprint density at radius 3 is 2.38 bits per heavy atom. The molecular weight excluding hydrogens is 341 g/mol. The maximum Gasteiger partial charge on any atom is 0.391 e. The van der Waals surface area contributed by atoms with E-state index in [4.69, 9.17) is 0 Å². The molecule has 1 aromatic heterocycles. The van der Waals surface area contributed by atoms with Crippen molar-refractivity contribution >= 4 is 28.0 Å². The van der Waals surface area contributed by atoms with Crippen LogP contribution in [0, 0.1) is 5.92 Å². The molecule has 4 nitrogen and oxygen atoms in total. The van der Waals surface area contributed by atoms with Crippen LogP contribution >= 0.6 is 0 Å². The smallest absolute Gasteiger partial charge is 0.372 e. The van der Waals surface area contributed by atoms with Gasteiger partial charge >= 0.3 is 6.18 Å². The molecule has 2 N–H and O–H groups in total. The van der Waals surface area contributed by atoms with Gasteiger partial charge in [0.15, 0.2) is 0 Å². The molecule has 136 valence electrons. The molecule has 3 aromatic rings. The van der Waals surface area contributed by atoms with E-state index in [9.17, 15) is 13.2 Å². The first-order valence-corrected chi connectivity index (χ1v) is 8.61. The minimum atomic E-state index is -4.07. The fourth-order valence-corrected chi connectivity index (χ4v) is 3.40. The Morgan fingerprint density at radius 2 is 1.69 bits per heavy atom. The summed E-state index contributed by atoms with van der Waals surface area (Å²) in [4.78, 5) is 2.02. The molecule has 2 heterocycles. The molecule has 0 radical (unpaired) electrons. The van der Waals surface area contributed by atoms with E-state index < -0.39 is 12.1 Å². The molecule has 7 heteroatoms. The van der Waals surface area contributed by atoms with Crippen LogP contribution < -0.4 is 10.2 Å². The van der Waals surface area contributed by atoms with Gasteiger partial charge in [-0.25, -0.2) is 0 Å². The van der Waals surface area contributed by atoms with E-state index in [1.807, 2.05) is 47.4 Å². The molecule has 0 amide bonds. The molecule has 1 aliphatic heterocycles. The Kier molecular flexibility index (Phi) is 4.22. The van der Waals surface area contributed by atoms with Crippen molar-refractivity contribution in [2.24, 2.45) is 5.92 Å². The van der Waals surface area contributed by atoms with E-state index in [1.165, 1.54) is 0 Å². The molecule has 1 aliphatic rings. The number of nitrogens with one attached hydrogen (secondary N) is 2. The molecule has 26 heavy (non-hydrogen) atoms. The van der Waals surface area contributed by atoms with Crippen molar-refractivity contribution in [2.75, 3.05) is 23.3 Å². The normalized spacial score (nSPS) is 16.2. The zero-order valence-corrected chi connectivity index (χ0v) is 14.1. The molecule has 1 fully saturated rings. The number of hydrogen-bond donors (Lipinski definition) is 2. The number of piperidine rings is 1. The first-order chi connectivity index (χ1) is 12.5. The van der Waals surface area contributed by atoms with Crippen LogP contribution in [0.3, 0.4) is 0 Å². The molecular formula is C19H19F3N4. The summed E-state index contributed by atoms with van der Waals surface area (Å²) in [6.45, 7) is 0.876. The Balaban J connectivity index is 1.40. The van der Waals surface area contributed by atoms with Gasteiger partial charge in [-0.2, -0.15) is 18.3 Å². The quantitative estimate of drug-likeness (QED) is 0.684. The van der Waals surface area contributed by atoms with Crippen molar-refractivity contribution in [1.29, 1.82) is 0 Å². The number of fused-ring (bicyclic) bond motifs is 1. The third-order valence-electron chi connectivity index (χ3n) is 4.92. The Hall–Kier alpha value is -2.70. The van der Waals surface area contributed by atoms with E-state index >= 15 is 0 Å². The standard InChI is InChI=1S/C19H19F3N4/c20-19(21,22)14-7-9-26(10-8-14)17-5-3-15(4-6-17)24-16-2-1-13-12-23-25-18(13)11-16/h1-6,11-12,14,24H,7-10H2,(H,23,25). The first-order valence-electron chi connectivity index (χ1n) is 8.61. The average Bonchev–Trinajstić information content (AvgIpc) is 3.10. The van der Waals surface area contributed by atoms with Gasteiger partial charge in [0.2, 0.25) is 0 Å². The summed E-state index contributed by atoms with van der Waals surface area (Å²) in [5.41, 5.74) is 3.79. The van der Waals surface area contributed by atoms with E-state index in [0.29, 0.717) is 13.1 Å². The van der Waals surface area contributed by atoms with Crippen LogP contribution in [0.2, 0.25) is 0 Å². The number of anilines is 3. The summed E-state index contributed by atoms with van der Waals surface area (Å²) in [5, 5.41) is 11.3. The molecule has 0 atom stereocenters. The summed E-state index contributed by atoms with van der Waals surface area (Å²) in [5.74, 6) is -1.17. The van der Waals surface area contributed by atoms with Gasteiger partial charge in [0.05, 0.1) is 17.6 Å². The van der Waals surface area contributed by atoms with E-state index in [0.717, 1.165) is 28.0 Å². The number of halogens is 3. The average molecular weight is 360 g/mol. The second kappa shape index (κ2) is 6.55. The van der Waals surface area contributed by atoms with Crippen LogP contribution in [0.4, 0.5) is 30.2 Å². The highest BCUT2D eigenvalue weighted by atomic mass is 19.4. The lowest BCUT2D eigenvalue weighted by Crippen LogP contribution is -2.38. The van der Waals surface area contributed by atoms with E-state index in [2.05, 4.69) is 15.5 Å². The first kappa shape index (κ1) is 16.8. The predicted molar refractivity (Wildman–Crippen MR) is 96.8 cm³/mol. The second-order valence-electron chi connectivity index (χ2n) is 6.65. The summed E-state index contributed by atoms with van der Waals surface area (Å²) in [6.07, 6.45) is -1.98. The predicted octanol–water partition coefficient (Wildman–Crippen LogP) is 5.09. The Bertz CT molecular complexity index is 878. The van der Waals surface area contributed by atoms with Crippen LogP contribution in [0.1, 0.15) is 12.8 Å². The Labute approximate surface area is 149 Å². The molecule has 0 unspecified atom stereocenters. The highest BCUT2D eigenvalue weighted by Crippen LogP contribution is 2.35. The van der Waals surface area contributed by atoms with Crippen LogP contribution in [0.25, 0.3) is 10.9 Å². The van der Waals surface area contributed by atoms with Gasteiger partial charge in [-0.15, -0.1) is 0 Å². The maximum absolute atomic E-state index is 12.8. The number of benzene rings is 2. The zero-order chi connectivity index (χ0) is 18.1. The topological polar surface area (TPSA) is 44.0 Å². The number of H-pyrrole nitrogens is 1. The fraction of sp³-hybridized carbons (Fsp3) is 0.316. The molecule has 0 aliphatic carbocycles. The van der Waals surface area contributed by atoms with E-state index in [1.54, 1.807) is 6.20 Å². The maximum atomic E-state index is 12.8. The molecule has 0 saturated carbocycles. The minimum absolute atomic E-state index is 0.160. The van der Waals surface area contributed by atoms with Crippen molar-refractivity contribution in [1.82, 2.24) is 10.2 Å². The highest BCUT2D eigenvalue weighted by Gasteiger charge is 2.41. The summed E-state index contributed by atoms with van der Waals surface area (Å²) >= 11 is 0. The largest absolute Gasteiger partial charge is 0.391 e. The van der Waals surface area contributed by atoms with Gasteiger partial charge in [0.1, 0.15) is 0 Å². The van der Waals surface area contributed by atoms with Gasteiger partial charge < -0.3 is 10.2 Å². The molecule has 0 spiro atoms. The lowest BCUT2D eigenvalue weighted by Gasteiger charge is -2.34. The Morgan fingerprint density at radius 1 is 1.00 bits per heavy atom. The fourth-order valence-electron chi connectivity index (χ4n) is 3.40. The van der Waals surface area contributed by atoms with Gasteiger partial charge in [-0.1, -0.05) is 0 Å². The SMILES string of the molecule is FC(F)(F)C1CCN(c2ccc(Nc3ccc4cn[nH]c4c3)cc2)CC1. The number of alkyl halides is 3. The van der Waals surface area contributed by atoms with Gasteiger partial charge in [-0.3, -0.25) is 5.10 Å². The van der Waals surface area contributed by atoms with Crippen molar-refractivity contribution in [2.45, 2.75) is 19.0 Å². The third kappa shape index (κ3) is 3.47. The minimum Gasteiger partial charge on any atom is -0.372 e. The summed E-state index contributed by atoms with van der Waals surface area (Å²) < 4.78 is 38.3. The molecule has 2 aromatic carbocycles. The number of nitrogens with zero attached hydrogens (tertiary/aromatic N) is 2. The highest BCUT2D eigenvalue weighted by molar-refractivity contribution is 5.82. The van der Waals surface area contributed by atoms with Gasteiger partial charge in [-0.05, 0) is 55.3 Å². The number of aromatic amines is 1. The summed E-state index contributed by atoms with van der Waals surface area (Å²) in [6, 6.07) is 13.7. The van der Waals surface area contributed by atoms with Crippen molar-refractivity contribution in [3.63, 3.8) is 0 Å². The van der Waals surface area contributed by atoms with Crippen molar-refractivity contribution in [3.8, 4) is 0 Å². The number of hydrogen-bond acceptors (Lipinski definition) is 3. The third-order valence-corrected chi connectivity index (χ3v) is 4.92. The second-order valence-corrected chi connectivity index (χ2v) is 6.65. The number of rotatable bonds is 3. The lowest BCUT2D eigenvalue weighted by atomic mass is 9.96. The monoisotopic (exact) mass is 360 g/mol. The molecule has 1 saturated heterocycles. The van der Waals surface area contributed by atoms with Crippen molar-refractivity contribution in [3.05, 3.63) is 48.7 Å².